The van der Waals surface area contributed by atoms with Crippen LogP contribution in [0.5, 0.6) is 11.5 Å². The van der Waals surface area contributed by atoms with E-state index in [0.717, 1.165) is 0 Å². The topological polar surface area (TPSA) is 61.7 Å². The lowest BCUT2D eigenvalue weighted by atomic mass is 10.1. The molecule has 1 atom stereocenters. The summed E-state index contributed by atoms with van der Waals surface area (Å²) in [5, 5.41) is 22.7. The van der Waals surface area contributed by atoms with Gasteiger partial charge in [0.15, 0.2) is 5.72 Å². The van der Waals surface area contributed by atoms with E-state index < -0.39 is 5.72 Å². The number of hydrogen-bond acceptors (Lipinski definition) is 5. The van der Waals surface area contributed by atoms with Gasteiger partial charge in [-0.3, -0.25) is 0 Å². The van der Waals surface area contributed by atoms with Crippen LogP contribution < -0.4 is 10.1 Å². The molecule has 1 unspecified atom stereocenters. The molecule has 1 saturated heterocycles. The molecule has 3 N–H and O–H groups in total. The highest BCUT2D eigenvalue weighted by atomic mass is 32.2. The monoisotopic (exact) mass is 283 g/mol. The number of benzene rings is 1. The molecule has 0 bridgehead atoms. The van der Waals surface area contributed by atoms with E-state index in [-0.39, 0.29) is 5.75 Å². The molecular formula is C12H13NO3S2. The molecule has 6 heteroatoms. The fourth-order valence-electron chi connectivity index (χ4n) is 1.57. The highest BCUT2D eigenvalue weighted by molar-refractivity contribution is 8.26. The zero-order valence-corrected chi connectivity index (χ0v) is 11.6. The third kappa shape index (κ3) is 2.60. The third-order valence-electron chi connectivity index (χ3n) is 2.55. The number of thioether (sulfide) groups is 1. The van der Waals surface area contributed by atoms with E-state index in [9.17, 15) is 10.2 Å². The van der Waals surface area contributed by atoms with Crippen molar-refractivity contribution in [1.29, 1.82) is 0 Å². The van der Waals surface area contributed by atoms with Gasteiger partial charge in [0.1, 0.15) is 15.8 Å². The summed E-state index contributed by atoms with van der Waals surface area (Å²) in [6.45, 7) is 1.61. The zero-order valence-electron chi connectivity index (χ0n) is 9.93. The van der Waals surface area contributed by atoms with Gasteiger partial charge in [-0.15, -0.1) is 0 Å². The van der Waals surface area contributed by atoms with Crippen LogP contribution in [-0.4, -0.2) is 27.4 Å². The SMILES string of the molecule is COc1ccc(O)c(/C=C2\SC(=S)NC2(C)O)c1. The molecule has 0 saturated carbocycles. The molecule has 1 aliphatic rings. The number of hydrogen-bond donors (Lipinski definition) is 3. The van der Waals surface area contributed by atoms with Crippen LogP contribution in [0.3, 0.4) is 0 Å². The Labute approximate surface area is 115 Å². The van der Waals surface area contributed by atoms with Gasteiger partial charge in [-0.1, -0.05) is 24.0 Å². The number of phenolic OH excluding ortho intramolecular Hbond substituents is 1. The first-order chi connectivity index (χ1) is 8.42. The summed E-state index contributed by atoms with van der Waals surface area (Å²) >= 11 is 6.28. The van der Waals surface area contributed by atoms with E-state index >= 15 is 0 Å². The van der Waals surface area contributed by atoms with Gasteiger partial charge in [0.2, 0.25) is 0 Å². The summed E-state index contributed by atoms with van der Waals surface area (Å²) in [5.41, 5.74) is -0.624. The summed E-state index contributed by atoms with van der Waals surface area (Å²) < 4.78 is 5.60. The largest absolute Gasteiger partial charge is 0.507 e. The second kappa shape index (κ2) is 4.79. The van der Waals surface area contributed by atoms with E-state index in [1.54, 1.807) is 38.3 Å². The Morgan fingerprint density at radius 2 is 2.22 bits per heavy atom. The van der Waals surface area contributed by atoms with Crippen molar-refractivity contribution in [2.75, 3.05) is 7.11 Å². The molecule has 2 rings (SSSR count). The second-order valence-corrected chi connectivity index (χ2v) is 5.74. The lowest BCUT2D eigenvalue weighted by molar-refractivity contribution is 0.0976. The maximum atomic E-state index is 10.1. The molecule has 1 aromatic rings. The molecule has 0 radical (unpaired) electrons. The Kier molecular flexibility index (Phi) is 3.52. The van der Waals surface area contributed by atoms with Gasteiger partial charge < -0.3 is 20.3 Å². The van der Waals surface area contributed by atoms with Crippen LogP contribution in [0.2, 0.25) is 0 Å². The number of rotatable bonds is 2. The summed E-state index contributed by atoms with van der Waals surface area (Å²) in [6.07, 6.45) is 1.69. The van der Waals surface area contributed by atoms with E-state index in [0.29, 0.717) is 20.5 Å². The van der Waals surface area contributed by atoms with Crippen molar-refractivity contribution in [3.05, 3.63) is 28.7 Å². The Bertz CT molecular complexity index is 526. The zero-order chi connectivity index (χ0) is 13.3. The minimum atomic E-state index is -1.20. The number of ether oxygens (including phenoxy) is 1. The molecular weight excluding hydrogens is 270 g/mol. The average molecular weight is 283 g/mol. The van der Waals surface area contributed by atoms with Crippen molar-refractivity contribution < 1.29 is 14.9 Å². The number of phenols is 1. The van der Waals surface area contributed by atoms with Crippen LogP contribution in [0.15, 0.2) is 23.1 Å². The summed E-state index contributed by atoms with van der Waals surface area (Å²) in [4.78, 5) is 0.635. The van der Waals surface area contributed by atoms with Gasteiger partial charge in [-0.05, 0) is 31.2 Å². The summed E-state index contributed by atoms with van der Waals surface area (Å²) in [6, 6.07) is 4.91. The predicted octanol–water partition coefficient (Wildman–Crippen LogP) is 2.07. The third-order valence-corrected chi connectivity index (χ3v) is 3.92. The standard InChI is InChI=1S/C12H13NO3S2/c1-12(15)10(18-11(17)13-12)6-7-5-8(16-2)3-4-9(7)14/h3-6,14-15H,1-2H3,(H,13,17)/b10-6-. The maximum absolute atomic E-state index is 10.1. The lowest BCUT2D eigenvalue weighted by Gasteiger charge is -2.17. The highest BCUT2D eigenvalue weighted by Crippen LogP contribution is 2.37. The van der Waals surface area contributed by atoms with Crippen LogP contribution in [0, 0.1) is 0 Å². The van der Waals surface area contributed by atoms with Gasteiger partial charge in [-0.25, -0.2) is 0 Å². The van der Waals surface area contributed by atoms with Crippen molar-refractivity contribution in [1.82, 2.24) is 5.32 Å². The molecule has 0 aliphatic carbocycles. The lowest BCUT2D eigenvalue weighted by Crippen LogP contribution is -2.38. The quantitative estimate of drug-likeness (QED) is 0.722. The second-order valence-electron chi connectivity index (χ2n) is 4.02. The van der Waals surface area contributed by atoms with E-state index in [2.05, 4.69) is 5.32 Å². The number of methoxy groups -OCH3 is 1. The van der Waals surface area contributed by atoms with Crippen molar-refractivity contribution in [3.63, 3.8) is 0 Å². The Balaban J connectivity index is 2.41. The molecule has 0 amide bonds. The molecule has 1 aliphatic heterocycles. The number of aromatic hydroxyl groups is 1. The normalized spacial score (nSPS) is 25.3. The first-order valence-electron chi connectivity index (χ1n) is 5.24. The minimum absolute atomic E-state index is 0.123. The molecule has 1 fully saturated rings. The number of nitrogens with one attached hydrogen (secondary N) is 1. The van der Waals surface area contributed by atoms with E-state index in [1.807, 2.05) is 0 Å². The van der Waals surface area contributed by atoms with Crippen LogP contribution in [0.4, 0.5) is 0 Å². The first-order valence-corrected chi connectivity index (χ1v) is 6.46. The Morgan fingerprint density at radius 3 is 2.78 bits per heavy atom. The van der Waals surface area contributed by atoms with E-state index in [4.69, 9.17) is 17.0 Å². The van der Waals surface area contributed by atoms with Gasteiger partial charge >= 0.3 is 0 Å². The first kappa shape index (κ1) is 13.2. The van der Waals surface area contributed by atoms with Crippen molar-refractivity contribution in [2.24, 2.45) is 0 Å². The minimum Gasteiger partial charge on any atom is -0.507 e. The molecule has 1 heterocycles. The number of thiocarbonyl (C=S) groups is 1. The number of aliphatic hydroxyl groups is 1. The average Bonchev–Trinajstić information content (AvgIpc) is 2.55. The van der Waals surface area contributed by atoms with Gasteiger partial charge in [0, 0.05) is 10.5 Å². The van der Waals surface area contributed by atoms with Crippen molar-refractivity contribution in [2.45, 2.75) is 12.6 Å². The Hall–Kier alpha value is -1.24. The Morgan fingerprint density at radius 1 is 1.50 bits per heavy atom. The fourth-order valence-corrected chi connectivity index (χ4v) is 2.92. The summed E-state index contributed by atoms with van der Waals surface area (Å²) in [5.74, 6) is 0.760. The predicted molar refractivity (Wildman–Crippen MR) is 76.6 cm³/mol. The molecule has 96 valence electrons. The van der Waals surface area contributed by atoms with Crippen LogP contribution in [-0.2, 0) is 0 Å². The molecule has 18 heavy (non-hydrogen) atoms. The molecule has 1 aromatic carbocycles. The van der Waals surface area contributed by atoms with Crippen LogP contribution >= 0.6 is 24.0 Å². The maximum Gasteiger partial charge on any atom is 0.166 e. The van der Waals surface area contributed by atoms with Crippen molar-refractivity contribution in [3.8, 4) is 11.5 Å². The van der Waals surface area contributed by atoms with Crippen LogP contribution in [0.1, 0.15) is 12.5 Å². The van der Waals surface area contributed by atoms with Gasteiger partial charge in [-0.2, -0.15) is 0 Å². The molecule has 0 spiro atoms. The molecule has 0 aromatic heterocycles. The van der Waals surface area contributed by atoms with Gasteiger partial charge in [0.25, 0.3) is 0 Å². The van der Waals surface area contributed by atoms with Crippen LogP contribution in [0.25, 0.3) is 6.08 Å². The summed E-state index contributed by atoms with van der Waals surface area (Å²) in [7, 11) is 1.56. The molecule has 4 nitrogen and oxygen atoms in total. The smallest absolute Gasteiger partial charge is 0.166 e. The fraction of sp³-hybridized carbons (Fsp3) is 0.250. The highest BCUT2D eigenvalue weighted by Gasteiger charge is 2.34. The van der Waals surface area contributed by atoms with Gasteiger partial charge in [0.05, 0.1) is 7.11 Å². The van der Waals surface area contributed by atoms with E-state index in [1.165, 1.54) is 11.8 Å². The van der Waals surface area contributed by atoms with Crippen molar-refractivity contribution >= 4 is 34.4 Å².